The molecule has 0 amide bonds. The molecule has 1 N–H and O–H groups in total. The molecule has 2 nitrogen and oxygen atoms in total. The number of hydrogen-bond acceptors (Lipinski definition) is 2. The SMILES string of the molecule is CCC(C)(C)C1NCCO1. The van der Waals surface area contributed by atoms with Gasteiger partial charge in [-0.15, -0.1) is 0 Å². The van der Waals surface area contributed by atoms with Crippen molar-refractivity contribution in [1.82, 2.24) is 5.32 Å². The van der Waals surface area contributed by atoms with Crippen molar-refractivity contribution in [3.8, 4) is 0 Å². The van der Waals surface area contributed by atoms with E-state index in [1.807, 2.05) is 0 Å². The van der Waals surface area contributed by atoms with E-state index in [2.05, 4.69) is 26.1 Å². The lowest BCUT2D eigenvalue weighted by Gasteiger charge is -2.29. The first-order valence-electron chi connectivity index (χ1n) is 4.02. The van der Waals surface area contributed by atoms with Crippen molar-refractivity contribution in [1.29, 1.82) is 0 Å². The van der Waals surface area contributed by atoms with Gasteiger partial charge in [-0.2, -0.15) is 0 Å². The summed E-state index contributed by atoms with van der Waals surface area (Å²) in [5.74, 6) is 0. The molecule has 0 aromatic rings. The number of rotatable bonds is 2. The topological polar surface area (TPSA) is 21.3 Å². The Bertz CT molecular complexity index is 106. The van der Waals surface area contributed by atoms with Crippen LogP contribution in [0, 0.1) is 5.41 Å². The summed E-state index contributed by atoms with van der Waals surface area (Å²) in [6, 6.07) is 0. The third kappa shape index (κ3) is 1.50. The molecule has 0 spiro atoms. The van der Waals surface area contributed by atoms with Gasteiger partial charge in [0.1, 0.15) is 6.23 Å². The Labute approximate surface area is 63.0 Å². The molecular formula is C8H17NO. The first kappa shape index (κ1) is 8.02. The lowest BCUT2D eigenvalue weighted by Crippen LogP contribution is -2.37. The molecule has 2 heteroatoms. The number of hydrogen-bond donors (Lipinski definition) is 1. The van der Waals surface area contributed by atoms with E-state index in [0.29, 0.717) is 0 Å². The maximum atomic E-state index is 5.50. The Hall–Kier alpha value is -0.0800. The van der Waals surface area contributed by atoms with Gasteiger partial charge >= 0.3 is 0 Å². The van der Waals surface area contributed by atoms with E-state index in [1.54, 1.807) is 0 Å². The van der Waals surface area contributed by atoms with Crippen molar-refractivity contribution >= 4 is 0 Å². The van der Waals surface area contributed by atoms with E-state index < -0.39 is 0 Å². The lowest BCUT2D eigenvalue weighted by molar-refractivity contribution is 0.00551. The van der Waals surface area contributed by atoms with Crippen molar-refractivity contribution in [3.05, 3.63) is 0 Å². The highest BCUT2D eigenvalue weighted by Gasteiger charge is 2.30. The van der Waals surface area contributed by atoms with Gasteiger partial charge in [0.2, 0.25) is 0 Å². The average molecular weight is 143 g/mol. The molecule has 1 saturated heterocycles. The van der Waals surface area contributed by atoms with Gasteiger partial charge in [0.05, 0.1) is 6.61 Å². The minimum atomic E-state index is 0.275. The van der Waals surface area contributed by atoms with Crippen molar-refractivity contribution in [2.24, 2.45) is 5.41 Å². The Kier molecular flexibility index (Phi) is 2.32. The van der Waals surface area contributed by atoms with Crippen LogP contribution in [0.3, 0.4) is 0 Å². The maximum Gasteiger partial charge on any atom is 0.113 e. The molecule has 0 aliphatic carbocycles. The molecule has 0 aromatic heterocycles. The van der Waals surface area contributed by atoms with Gasteiger partial charge in [-0.1, -0.05) is 20.8 Å². The summed E-state index contributed by atoms with van der Waals surface area (Å²) < 4.78 is 5.50. The second-order valence-corrected chi connectivity index (χ2v) is 3.55. The van der Waals surface area contributed by atoms with Crippen LogP contribution < -0.4 is 5.32 Å². The van der Waals surface area contributed by atoms with Gasteiger partial charge in [0.25, 0.3) is 0 Å². The van der Waals surface area contributed by atoms with E-state index in [1.165, 1.54) is 0 Å². The molecule has 0 saturated carbocycles. The molecular weight excluding hydrogens is 126 g/mol. The molecule has 1 atom stereocenters. The smallest absolute Gasteiger partial charge is 0.113 e. The van der Waals surface area contributed by atoms with E-state index in [9.17, 15) is 0 Å². The minimum Gasteiger partial charge on any atom is -0.361 e. The summed E-state index contributed by atoms with van der Waals surface area (Å²) in [5, 5.41) is 3.33. The average Bonchev–Trinajstić information content (AvgIpc) is 2.38. The molecule has 0 bridgehead atoms. The molecule has 10 heavy (non-hydrogen) atoms. The van der Waals surface area contributed by atoms with Gasteiger partial charge in [0, 0.05) is 12.0 Å². The summed E-state index contributed by atoms with van der Waals surface area (Å²) in [4.78, 5) is 0. The predicted octanol–water partition coefficient (Wildman–Crippen LogP) is 1.37. The van der Waals surface area contributed by atoms with Crippen molar-refractivity contribution in [2.75, 3.05) is 13.2 Å². The van der Waals surface area contributed by atoms with E-state index in [4.69, 9.17) is 4.74 Å². The number of ether oxygens (including phenoxy) is 1. The van der Waals surface area contributed by atoms with Crippen LogP contribution in [0.1, 0.15) is 27.2 Å². The normalized spacial score (nSPS) is 27.3. The van der Waals surface area contributed by atoms with E-state index in [-0.39, 0.29) is 11.6 Å². The molecule has 60 valence electrons. The summed E-state index contributed by atoms with van der Waals surface area (Å²) in [6.45, 7) is 8.54. The molecule has 1 aliphatic rings. The van der Waals surface area contributed by atoms with Crippen LogP contribution in [-0.2, 0) is 4.74 Å². The summed E-state index contributed by atoms with van der Waals surface area (Å²) in [5.41, 5.74) is 0.288. The highest BCUT2D eigenvalue weighted by molar-refractivity contribution is 4.78. The third-order valence-electron chi connectivity index (χ3n) is 2.34. The second kappa shape index (κ2) is 2.89. The fourth-order valence-electron chi connectivity index (χ4n) is 1.11. The lowest BCUT2D eigenvalue weighted by atomic mass is 9.88. The molecule has 1 aliphatic heterocycles. The van der Waals surface area contributed by atoms with Crippen LogP contribution in [0.15, 0.2) is 0 Å². The largest absolute Gasteiger partial charge is 0.361 e. The fraction of sp³-hybridized carbons (Fsp3) is 1.00. The predicted molar refractivity (Wildman–Crippen MR) is 41.8 cm³/mol. The zero-order chi connectivity index (χ0) is 7.61. The zero-order valence-corrected chi connectivity index (χ0v) is 7.11. The monoisotopic (exact) mass is 143 g/mol. The van der Waals surface area contributed by atoms with Gasteiger partial charge in [-0.3, -0.25) is 5.32 Å². The van der Waals surface area contributed by atoms with Crippen LogP contribution in [-0.4, -0.2) is 19.4 Å². The molecule has 1 heterocycles. The van der Waals surface area contributed by atoms with Crippen LogP contribution >= 0.6 is 0 Å². The van der Waals surface area contributed by atoms with Gasteiger partial charge in [0.15, 0.2) is 0 Å². The molecule has 1 rings (SSSR count). The minimum absolute atomic E-state index is 0.275. The Morgan fingerprint density at radius 1 is 1.60 bits per heavy atom. The number of nitrogens with one attached hydrogen (secondary N) is 1. The summed E-state index contributed by atoms with van der Waals surface area (Å²) >= 11 is 0. The van der Waals surface area contributed by atoms with Crippen LogP contribution in [0.25, 0.3) is 0 Å². The third-order valence-corrected chi connectivity index (χ3v) is 2.34. The first-order chi connectivity index (χ1) is 4.67. The van der Waals surface area contributed by atoms with Crippen LogP contribution in [0.4, 0.5) is 0 Å². The highest BCUT2D eigenvalue weighted by atomic mass is 16.5. The molecule has 0 radical (unpaired) electrons. The van der Waals surface area contributed by atoms with Gasteiger partial charge < -0.3 is 4.74 Å². The summed E-state index contributed by atoms with van der Waals surface area (Å²) in [7, 11) is 0. The van der Waals surface area contributed by atoms with Gasteiger partial charge in [-0.25, -0.2) is 0 Å². The molecule has 0 aromatic carbocycles. The zero-order valence-electron chi connectivity index (χ0n) is 7.11. The Balaban J connectivity index is 2.45. The first-order valence-corrected chi connectivity index (χ1v) is 4.02. The Morgan fingerprint density at radius 3 is 2.70 bits per heavy atom. The van der Waals surface area contributed by atoms with Crippen molar-refractivity contribution in [2.45, 2.75) is 33.4 Å². The summed E-state index contributed by atoms with van der Waals surface area (Å²) in [6.07, 6.45) is 1.43. The van der Waals surface area contributed by atoms with Gasteiger partial charge in [-0.05, 0) is 6.42 Å². The highest BCUT2D eigenvalue weighted by Crippen LogP contribution is 2.26. The Morgan fingerprint density at radius 2 is 2.30 bits per heavy atom. The standard InChI is InChI=1S/C8H17NO/c1-4-8(2,3)7-9-5-6-10-7/h7,9H,4-6H2,1-3H3. The fourth-order valence-corrected chi connectivity index (χ4v) is 1.11. The van der Waals surface area contributed by atoms with E-state index >= 15 is 0 Å². The quantitative estimate of drug-likeness (QED) is 0.630. The van der Waals surface area contributed by atoms with E-state index in [0.717, 1.165) is 19.6 Å². The second-order valence-electron chi connectivity index (χ2n) is 3.55. The maximum absolute atomic E-state index is 5.50. The molecule has 1 fully saturated rings. The van der Waals surface area contributed by atoms with Crippen molar-refractivity contribution in [3.63, 3.8) is 0 Å². The van der Waals surface area contributed by atoms with Crippen LogP contribution in [0.5, 0.6) is 0 Å². The van der Waals surface area contributed by atoms with Crippen molar-refractivity contribution < 1.29 is 4.74 Å². The molecule has 1 unspecified atom stereocenters. The van der Waals surface area contributed by atoms with Crippen LogP contribution in [0.2, 0.25) is 0 Å².